The molecule has 0 atom stereocenters. The van der Waals surface area contributed by atoms with Crippen molar-refractivity contribution in [3.8, 4) is 0 Å². The van der Waals surface area contributed by atoms with Crippen LogP contribution in [0.1, 0.15) is 11.3 Å². The molecule has 5 nitrogen and oxygen atoms in total. The monoisotopic (exact) mass is 294 g/mol. The first-order valence-electron chi connectivity index (χ1n) is 6.24. The molecule has 2 aromatic rings. The van der Waals surface area contributed by atoms with Gasteiger partial charge in [-0.05, 0) is 37.7 Å². The van der Waals surface area contributed by atoms with Crippen LogP contribution in [-0.2, 0) is 16.6 Å². The topological polar surface area (TPSA) is 62.6 Å². The average Bonchev–Trinajstić information content (AvgIpc) is 2.88. The van der Waals surface area contributed by atoms with Crippen LogP contribution in [0.3, 0.4) is 0 Å². The molecule has 108 valence electrons. The minimum Gasteiger partial charge on any atom is -0.446 e. The SMILES string of the molecule is CNCc1ccc(S(=O)(=O)N(C)c2ccccc2C)o1. The second kappa shape index (κ2) is 5.68. The van der Waals surface area contributed by atoms with Crippen molar-refractivity contribution in [2.24, 2.45) is 0 Å². The van der Waals surface area contributed by atoms with Crippen molar-refractivity contribution in [2.75, 3.05) is 18.4 Å². The van der Waals surface area contributed by atoms with Crippen LogP contribution in [-0.4, -0.2) is 22.5 Å². The van der Waals surface area contributed by atoms with Crippen LogP contribution in [0.25, 0.3) is 0 Å². The van der Waals surface area contributed by atoms with E-state index >= 15 is 0 Å². The van der Waals surface area contributed by atoms with Crippen LogP contribution >= 0.6 is 0 Å². The number of hydrogen-bond donors (Lipinski definition) is 1. The zero-order chi connectivity index (χ0) is 14.8. The number of hydrogen-bond acceptors (Lipinski definition) is 4. The van der Waals surface area contributed by atoms with Gasteiger partial charge in [0, 0.05) is 7.05 Å². The molecule has 1 aromatic carbocycles. The van der Waals surface area contributed by atoms with Crippen LogP contribution in [0.2, 0.25) is 0 Å². The van der Waals surface area contributed by atoms with Gasteiger partial charge in [-0.1, -0.05) is 18.2 Å². The second-order valence-electron chi connectivity index (χ2n) is 4.51. The standard InChI is InChI=1S/C14H18N2O3S/c1-11-6-4-5-7-13(11)16(3)20(17,18)14-9-8-12(19-14)10-15-2/h4-9,15H,10H2,1-3H3. The Labute approximate surface area is 119 Å². The van der Waals surface area contributed by atoms with Gasteiger partial charge in [-0.3, -0.25) is 4.31 Å². The molecule has 1 N–H and O–H groups in total. The minimum atomic E-state index is -3.67. The summed E-state index contributed by atoms with van der Waals surface area (Å²) in [5, 5.41) is 2.87. The van der Waals surface area contributed by atoms with Crippen molar-refractivity contribution < 1.29 is 12.8 Å². The van der Waals surface area contributed by atoms with Crippen molar-refractivity contribution in [2.45, 2.75) is 18.6 Å². The highest BCUT2D eigenvalue weighted by atomic mass is 32.2. The minimum absolute atomic E-state index is 0.0477. The van der Waals surface area contributed by atoms with E-state index in [2.05, 4.69) is 5.32 Å². The summed E-state index contributed by atoms with van der Waals surface area (Å²) in [6, 6.07) is 10.5. The van der Waals surface area contributed by atoms with Gasteiger partial charge in [0.15, 0.2) is 0 Å². The number of aryl methyl sites for hydroxylation is 1. The molecular weight excluding hydrogens is 276 g/mol. The van der Waals surface area contributed by atoms with E-state index in [9.17, 15) is 8.42 Å². The maximum Gasteiger partial charge on any atom is 0.297 e. The number of benzene rings is 1. The van der Waals surface area contributed by atoms with E-state index in [1.807, 2.05) is 25.1 Å². The van der Waals surface area contributed by atoms with Crippen LogP contribution in [0, 0.1) is 6.92 Å². The number of anilines is 1. The lowest BCUT2D eigenvalue weighted by Crippen LogP contribution is -2.26. The molecule has 0 amide bonds. The summed E-state index contributed by atoms with van der Waals surface area (Å²) in [5.74, 6) is 0.587. The Morgan fingerprint density at radius 3 is 2.55 bits per heavy atom. The number of rotatable bonds is 5. The number of para-hydroxylation sites is 1. The molecule has 0 unspecified atom stereocenters. The van der Waals surface area contributed by atoms with Crippen LogP contribution < -0.4 is 9.62 Å². The van der Waals surface area contributed by atoms with Crippen LogP contribution in [0.5, 0.6) is 0 Å². The Balaban J connectivity index is 2.36. The maximum atomic E-state index is 12.5. The molecule has 2 rings (SSSR count). The smallest absolute Gasteiger partial charge is 0.297 e. The van der Waals surface area contributed by atoms with Gasteiger partial charge < -0.3 is 9.73 Å². The summed E-state index contributed by atoms with van der Waals surface area (Å²) in [5.41, 5.74) is 1.53. The summed E-state index contributed by atoms with van der Waals surface area (Å²) in [4.78, 5) is 0. The highest BCUT2D eigenvalue weighted by Gasteiger charge is 2.25. The summed E-state index contributed by atoms with van der Waals surface area (Å²) in [7, 11) is -0.373. The van der Waals surface area contributed by atoms with Gasteiger partial charge in [-0.15, -0.1) is 0 Å². The molecule has 0 fully saturated rings. The maximum absolute atomic E-state index is 12.5. The van der Waals surface area contributed by atoms with Gasteiger partial charge in [-0.25, -0.2) is 0 Å². The molecule has 0 bridgehead atoms. The lowest BCUT2D eigenvalue weighted by atomic mass is 10.2. The molecule has 0 aliphatic heterocycles. The third-order valence-corrected chi connectivity index (χ3v) is 4.70. The van der Waals surface area contributed by atoms with Crippen molar-refractivity contribution >= 4 is 15.7 Å². The Morgan fingerprint density at radius 2 is 1.90 bits per heavy atom. The fourth-order valence-corrected chi connectivity index (χ4v) is 3.13. The molecule has 0 saturated heterocycles. The molecule has 0 spiro atoms. The quantitative estimate of drug-likeness (QED) is 0.917. The Kier molecular flexibility index (Phi) is 4.15. The fraction of sp³-hybridized carbons (Fsp3) is 0.286. The zero-order valence-electron chi connectivity index (χ0n) is 11.8. The summed E-state index contributed by atoms with van der Waals surface area (Å²) < 4.78 is 31.6. The van der Waals surface area contributed by atoms with Crippen molar-refractivity contribution in [1.29, 1.82) is 0 Å². The molecule has 1 aromatic heterocycles. The van der Waals surface area contributed by atoms with E-state index in [0.29, 0.717) is 18.0 Å². The van der Waals surface area contributed by atoms with Crippen LogP contribution in [0.4, 0.5) is 5.69 Å². The first-order chi connectivity index (χ1) is 9.46. The summed E-state index contributed by atoms with van der Waals surface area (Å²) in [6.07, 6.45) is 0. The fourth-order valence-electron chi connectivity index (χ4n) is 1.95. The zero-order valence-corrected chi connectivity index (χ0v) is 12.6. The van der Waals surface area contributed by atoms with Crippen molar-refractivity contribution in [3.63, 3.8) is 0 Å². The van der Waals surface area contributed by atoms with E-state index in [-0.39, 0.29) is 5.09 Å². The predicted molar refractivity (Wildman–Crippen MR) is 78.2 cm³/mol. The van der Waals surface area contributed by atoms with Gasteiger partial charge in [-0.2, -0.15) is 8.42 Å². The molecule has 20 heavy (non-hydrogen) atoms. The van der Waals surface area contributed by atoms with Gasteiger partial charge in [0.25, 0.3) is 10.0 Å². The molecule has 0 saturated carbocycles. The van der Waals surface area contributed by atoms with E-state index < -0.39 is 10.0 Å². The number of nitrogens with zero attached hydrogens (tertiary/aromatic N) is 1. The van der Waals surface area contributed by atoms with Crippen molar-refractivity contribution in [1.82, 2.24) is 5.32 Å². The highest BCUT2D eigenvalue weighted by molar-refractivity contribution is 7.92. The van der Waals surface area contributed by atoms with Gasteiger partial charge in [0.05, 0.1) is 12.2 Å². The van der Waals surface area contributed by atoms with E-state index in [4.69, 9.17) is 4.42 Å². The molecule has 0 radical (unpaired) electrons. The second-order valence-corrected chi connectivity index (χ2v) is 6.41. The van der Waals surface area contributed by atoms with Crippen molar-refractivity contribution in [3.05, 3.63) is 47.7 Å². The predicted octanol–water partition coefficient (Wildman–Crippen LogP) is 2.13. The first kappa shape index (κ1) is 14.6. The lowest BCUT2D eigenvalue weighted by molar-refractivity contribution is 0.407. The third kappa shape index (κ3) is 2.71. The molecule has 0 aliphatic carbocycles. The molecule has 1 heterocycles. The number of nitrogens with one attached hydrogen (secondary N) is 1. The molecule has 6 heteroatoms. The van der Waals surface area contributed by atoms with Gasteiger partial charge in [0.1, 0.15) is 5.76 Å². The Morgan fingerprint density at radius 1 is 1.20 bits per heavy atom. The first-order valence-corrected chi connectivity index (χ1v) is 7.68. The van der Waals surface area contributed by atoms with E-state index in [0.717, 1.165) is 5.56 Å². The Hall–Kier alpha value is -1.79. The van der Waals surface area contributed by atoms with Gasteiger partial charge in [0.2, 0.25) is 5.09 Å². The number of sulfonamides is 1. The van der Waals surface area contributed by atoms with Gasteiger partial charge >= 0.3 is 0 Å². The summed E-state index contributed by atoms with van der Waals surface area (Å²) >= 11 is 0. The third-order valence-electron chi connectivity index (χ3n) is 3.06. The van der Waals surface area contributed by atoms with E-state index in [1.165, 1.54) is 17.4 Å². The Bertz CT molecular complexity index is 692. The molecule has 0 aliphatic rings. The molecular formula is C14H18N2O3S. The summed E-state index contributed by atoms with van der Waals surface area (Å²) in [6.45, 7) is 2.36. The lowest BCUT2D eigenvalue weighted by Gasteiger charge is -2.19. The normalized spacial score (nSPS) is 11.6. The highest BCUT2D eigenvalue weighted by Crippen LogP contribution is 2.25. The van der Waals surface area contributed by atoms with Crippen LogP contribution in [0.15, 0.2) is 45.9 Å². The number of furan rings is 1. The van der Waals surface area contributed by atoms with E-state index in [1.54, 1.807) is 19.2 Å². The average molecular weight is 294 g/mol. The largest absolute Gasteiger partial charge is 0.446 e.